The zero-order valence-electron chi connectivity index (χ0n) is 11.0. The molecule has 2 aromatic rings. The molecule has 0 spiro atoms. The van der Waals surface area contributed by atoms with Gasteiger partial charge in [0.1, 0.15) is 5.75 Å². The van der Waals surface area contributed by atoms with Crippen LogP contribution in [0, 0.1) is 11.3 Å². The average Bonchev–Trinajstić information content (AvgIpc) is 2.78. The van der Waals surface area contributed by atoms with Crippen LogP contribution in [0.15, 0.2) is 27.8 Å². The Balaban J connectivity index is 2.45. The largest absolute Gasteiger partial charge is 0.495 e. The maximum atomic E-state index is 12.4. The third-order valence-electron chi connectivity index (χ3n) is 2.57. The first-order valence-corrected chi connectivity index (χ1v) is 7.83. The van der Waals surface area contributed by atoms with Crippen molar-refractivity contribution >= 4 is 31.6 Å². The molecule has 0 unspecified atom stereocenters. The Bertz CT molecular complexity index is 805. The Morgan fingerprint density at radius 2 is 2.19 bits per heavy atom. The van der Waals surface area contributed by atoms with Gasteiger partial charge in [-0.05, 0) is 28.1 Å². The lowest BCUT2D eigenvalue weighted by atomic mass is 10.2. The third-order valence-corrected chi connectivity index (χ3v) is 4.82. The molecular weight excluding hydrogens is 362 g/mol. The molecule has 2 rings (SSSR count). The van der Waals surface area contributed by atoms with Gasteiger partial charge in [0.2, 0.25) is 5.03 Å². The van der Waals surface area contributed by atoms with E-state index in [1.54, 1.807) is 0 Å². The van der Waals surface area contributed by atoms with Gasteiger partial charge in [-0.2, -0.15) is 13.7 Å². The van der Waals surface area contributed by atoms with E-state index in [1.165, 1.54) is 32.4 Å². The molecule has 0 aliphatic rings. The van der Waals surface area contributed by atoms with Gasteiger partial charge in [-0.1, -0.05) is 5.21 Å². The number of ether oxygens (including phenoxy) is 1. The van der Waals surface area contributed by atoms with Crippen molar-refractivity contribution in [2.45, 2.75) is 5.03 Å². The average molecular weight is 372 g/mol. The summed E-state index contributed by atoms with van der Waals surface area (Å²) in [5.74, 6) is 0.240. The van der Waals surface area contributed by atoms with Gasteiger partial charge in [0.05, 0.1) is 24.4 Å². The fourth-order valence-corrected chi connectivity index (χ4v) is 3.81. The van der Waals surface area contributed by atoms with Crippen LogP contribution >= 0.6 is 15.9 Å². The molecule has 10 heteroatoms. The number of methoxy groups -OCH3 is 1. The summed E-state index contributed by atoms with van der Waals surface area (Å²) < 4.78 is 33.4. The molecule has 0 bridgehead atoms. The predicted molar refractivity (Wildman–Crippen MR) is 77.2 cm³/mol. The van der Waals surface area contributed by atoms with Crippen molar-refractivity contribution < 1.29 is 13.2 Å². The molecule has 21 heavy (non-hydrogen) atoms. The van der Waals surface area contributed by atoms with Gasteiger partial charge in [-0.3, -0.25) is 4.72 Å². The van der Waals surface area contributed by atoms with Crippen molar-refractivity contribution in [2.24, 2.45) is 7.05 Å². The predicted octanol–water partition coefficient (Wildman–Crippen LogP) is 1.26. The van der Waals surface area contributed by atoms with E-state index in [-0.39, 0.29) is 21.1 Å². The van der Waals surface area contributed by atoms with Crippen molar-refractivity contribution in [1.82, 2.24) is 15.0 Å². The summed E-state index contributed by atoms with van der Waals surface area (Å²) in [6.45, 7) is 0. The molecule has 0 radical (unpaired) electrons. The van der Waals surface area contributed by atoms with Crippen LogP contribution in [-0.2, 0) is 17.1 Å². The van der Waals surface area contributed by atoms with Crippen molar-refractivity contribution in [3.63, 3.8) is 0 Å². The van der Waals surface area contributed by atoms with E-state index in [9.17, 15) is 8.42 Å². The van der Waals surface area contributed by atoms with Gasteiger partial charge in [0, 0.05) is 13.1 Å². The fourth-order valence-electron chi connectivity index (χ4n) is 1.65. The number of nitrogens with zero attached hydrogens (tertiary/aromatic N) is 4. The zero-order valence-corrected chi connectivity index (χ0v) is 13.4. The van der Waals surface area contributed by atoms with Gasteiger partial charge in [-0.25, -0.2) is 4.68 Å². The Kier molecular flexibility index (Phi) is 4.15. The molecule has 1 N–H and O–H groups in total. The Labute approximate surface area is 129 Å². The number of benzene rings is 1. The number of aromatic nitrogens is 3. The molecule has 0 saturated carbocycles. The second kappa shape index (κ2) is 5.71. The highest BCUT2D eigenvalue weighted by Crippen LogP contribution is 2.29. The Morgan fingerprint density at radius 1 is 1.48 bits per heavy atom. The number of nitriles is 1. The summed E-state index contributed by atoms with van der Waals surface area (Å²) in [4.78, 5) is 0. The van der Waals surface area contributed by atoms with Crippen molar-refractivity contribution in [3.8, 4) is 11.8 Å². The van der Waals surface area contributed by atoms with Crippen LogP contribution in [0.25, 0.3) is 0 Å². The van der Waals surface area contributed by atoms with E-state index < -0.39 is 10.0 Å². The summed E-state index contributed by atoms with van der Waals surface area (Å²) in [5.41, 5.74) is 0.572. The number of halogens is 1. The van der Waals surface area contributed by atoms with Gasteiger partial charge in [0.25, 0.3) is 10.0 Å². The van der Waals surface area contributed by atoms with E-state index in [1.807, 2.05) is 6.07 Å². The van der Waals surface area contributed by atoms with Gasteiger partial charge in [0.15, 0.2) is 4.60 Å². The van der Waals surface area contributed by atoms with Gasteiger partial charge >= 0.3 is 0 Å². The second-order valence-corrected chi connectivity index (χ2v) is 6.29. The molecule has 0 atom stereocenters. The van der Waals surface area contributed by atoms with Crippen LogP contribution in [0.3, 0.4) is 0 Å². The van der Waals surface area contributed by atoms with E-state index in [0.29, 0.717) is 5.56 Å². The van der Waals surface area contributed by atoms with Crippen LogP contribution in [0.5, 0.6) is 5.75 Å². The van der Waals surface area contributed by atoms with Crippen LogP contribution < -0.4 is 9.46 Å². The molecule has 110 valence electrons. The minimum Gasteiger partial charge on any atom is -0.495 e. The van der Waals surface area contributed by atoms with Gasteiger partial charge in [-0.15, -0.1) is 5.10 Å². The lowest BCUT2D eigenvalue weighted by Gasteiger charge is -2.11. The minimum absolute atomic E-state index is 0.102. The maximum Gasteiger partial charge on any atom is 0.282 e. The van der Waals surface area contributed by atoms with Crippen LogP contribution in [-0.4, -0.2) is 30.5 Å². The van der Waals surface area contributed by atoms with Gasteiger partial charge < -0.3 is 4.74 Å². The number of nitrogens with one attached hydrogen (secondary N) is 1. The molecular formula is C11H10BrN5O3S. The summed E-state index contributed by atoms with van der Waals surface area (Å²) in [5, 5.41) is 16.0. The molecule has 0 fully saturated rings. The monoisotopic (exact) mass is 371 g/mol. The summed E-state index contributed by atoms with van der Waals surface area (Å²) in [6.07, 6.45) is 0. The number of sulfonamides is 1. The van der Waals surface area contributed by atoms with Crippen molar-refractivity contribution in [3.05, 3.63) is 28.4 Å². The smallest absolute Gasteiger partial charge is 0.282 e. The SMILES string of the molecule is COc1cc(C#N)ccc1NS(=O)(=O)c1c(Br)nnn1C. The minimum atomic E-state index is -3.91. The first kappa shape index (κ1) is 15.3. The quantitative estimate of drug-likeness (QED) is 0.865. The first-order chi connectivity index (χ1) is 9.89. The Morgan fingerprint density at radius 3 is 2.71 bits per heavy atom. The van der Waals surface area contributed by atoms with E-state index in [0.717, 1.165) is 4.68 Å². The fraction of sp³-hybridized carbons (Fsp3) is 0.182. The first-order valence-electron chi connectivity index (χ1n) is 5.55. The maximum absolute atomic E-state index is 12.4. The van der Waals surface area contributed by atoms with E-state index >= 15 is 0 Å². The topological polar surface area (TPSA) is 110 Å². The lowest BCUT2D eigenvalue weighted by Crippen LogP contribution is -2.17. The highest BCUT2D eigenvalue weighted by molar-refractivity contribution is 9.10. The number of anilines is 1. The highest BCUT2D eigenvalue weighted by Gasteiger charge is 2.25. The summed E-state index contributed by atoms with van der Waals surface area (Å²) in [7, 11) is -1.06. The van der Waals surface area contributed by atoms with E-state index in [2.05, 4.69) is 31.0 Å². The zero-order chi connectivity index (χ0) is 15.6. The number of hydrogen-bond acceptors (Lipinski definition) is 6. The molecule has 8 nitrogen and oxygen atoms in total. The van der Waals surface area contributed by atoms with Crippen LogP contribution in [0.2, 0.25) is 0 Å². The lowest BCUT2D eigenvalue weighted by molar-refractivity contribution is 0.416. The molecule has 1 heterocycles. The molecule has 1 aromatic carbocycles. The standard InChI is InChI=1S/C11H10BrN5O3S/c1-17-11(10(12)14-16-17)21(18,19)15-8-4-3-7(6-13)5-9(8)20-2/h3-5,15H,1-2H3. The third kappa shape index (κ3) is 2.98. The molecule has 0 aliphatic carbocycles. The number of rotatable bonds is 4. The number of hydrogen-bond donors (Lipinski definition) is 1. The second-order valence-electron chi connectivity index (χ2n) is 3.94. The van der Waals surface area contributed by atoms with Crippen molar-refractivity contribution in [2.75, 3.05) is 11.8 Å². The van der Waals surface area contributed by atoms with Crippen LogP contribution in [0.1, 0.15) is 5.56 Å². The summed E-state index contributed by atoms with van der Waals surface area (Å²) >= 11 is 3.04. The summed E-state index contributed by atoms with van der Waals surface area (Å²) in [6, 6.07) is 6.32. The van der Waals surface area contributed by atoms with Crippen LogP contribution in [0.4, 0.5) is 5.69 Å². The molecule has 0 aliphatic heterocycles. The normalized spacial score (nSPS) is 11.0. The Hall–Kier alpha value is -2.12. The molecule has 0 amide bonds. The van der Waals surface area contributed by atoms with E-state index in [4.69, 9.17) is 10.00 Å². The highest BCUT2D eigenvalue weighted by atomic mass is 79.9. The molecule has 0 saturated heterocycles. The molecule has 1 aromatic heterocycles. The van der Waals surface area contributed by atoms with Crippen molar-refractivity contribution in [1.29, 1.82) is 5.26 Å². The number of aryl methyl sites for hydroxylation is 1.